The summed E-state index contributed by atoms with van der Waals surface area (Å²) in [4.78, 5) is 28.6. The molecule has 0 radical (unpaired) electrons. The molecule has 2 N–H and O–H groups in total. The lowest BCUT2D eigenvalue weighted by Crippen LogP contribution is -2.37. The molecule has 160 valence electrons. The zero-order chi connectivity index (χ0) is 21.3. The molecule has 7 nitrogen and oxygen atoms in total. The van der Waals surface area contributed by atoms with Gasteiger partial charge in [0.25, 0.3) is 5.91 Å². The standard InChI is InChI=1S/C23H30N4O3/c1-26(2)16-21(18-9-4-3-5-10-18)25-23(29)24-19-11-8-12-20(15-19)30-17-22(28)27-13-6-7-14-27/h3-5,8-12,15,21H,6-7,13-14,16-17H2,1-2H3,(H2,24,25,29). The lowest BCUT2D eigenvalue weighted by atomic mass is 10.1. The molecule has 1 aliphatic rings. The third kappa shape index (κ3) is 6.49. The van der Waals surface area contributed by atoms with Gasteiger partial charge in [0, 0.05) is 31.4 Å². The van der Waals surface area contributed by atoms with Gasteiger partial charge >= 0.3 is 6.03 Å². The number of hydrogen-bond donors (Lipinski definition) is 2. The van der Waals surface area contributed by atoms with Crippen LogP contribution in [0.3, 0.4) is 0 Å². The van der Waals surface area contributed by atoms with Crippen molar-refractivity contribution in [3.8, 4) is 5.75 Å². The molecule has 0 bridgehead atoms. The molecular formula is C23H30N4O3. The highest BCUT2D eigenvalue weighted by Gasteiger charge is 2.18. The molecular weight excluding hydrogens is 380 g/mol. The molecule has 2 aromatic rings. The quantitative estimate of drug-likeness (QED) is 0.701. The number of anilines is 1. The Morgan fingerprint density at radius 3 is 2.50 bits per heavy atom. The summed E-state index contributed by atoms with van der Waals surface area (Å²) in [6.07, 6.45) is 2.11. The number of nitrogens with one attached hydrogen (secondary N) is 2. The molecule has 1 fully saturated rings. The van der Waals surface area contributed by atoms with Gasteiger partial charge in [0.1, 0.15) is 5.75 Å². The topological polar surface area (TPSA) is 73.9 Å². The average molecular weight is 411 g/mol. The molecule has 1 unspecified atom stereocenters. The second-order valence-corrected chi connectivity index (χ2v) is 7.73. The largest absolute Gasteiger partial charge is 0.484 e. The lowest BCUT2D eigenvalue weighted by molar-refractivity contribution is -0.132. The van der Waals surface area contributed by atoms with Crippen molar-refractivity contribution in [3.63, 3.8) is 0 Å². The van der Waals surface area contributed by atoms with Crippen molar-refractivity contribution in [2.75, 3.05) is 45.7 Å². The zero-order valence-electron chi connectivity index (χ0n) is 17.6. The van der Waals surface area contributed by atoms with E-state index < -0.39 is 0 Å². The minimum Gasteiger partial charge on any atom is -0.484 e. The second kappa shape index (κ2) is 10.6. The molecule has 3 amide bonds. The molecule has 0 aliphatic carbocycles. The van der Waals surface area contributed by atoms with E-state index in [9.17, 15) is 9.59 Å². The first-order valence-corrected chi connectivity index (χ1v) is 10.3. The average Bonchev–Trinajstić information content (AvgIpc) is 3.27. The van der Waals surface area contributed by atoms with E-state index in [1.165, 1.54) is 0 Å². The Labute approximate surface area is 178 Å². The van der Waals surface area contributed by atoms with Gasteiger partial charge in [0.2, 0.25) is 0 Å². The Morgan fingerprint density at radius 1 is 1.07 bits per heavy atom. The van der Waals surface area contributed by atoms with Crippen molar-refractivity contribution in [1.82, 2.24) is 15.1 Å². The van der Waals surface area contributed by atoms with Crippen molar-refractivity contribution < 1.29 is 14.3 Å². The molecule has 1 aliphatic heterocycles. The Balaban J connectivity index is 1.56. The number of benzene rings is 2. The fraction of sp³-hybridized carbons (Fsp3) is 0.391. The van der Waals surface area contributed by atoms with E-state index in [0.717, 1.165) is 31.5 Å². The summed E-state index contributed by atoms with van der Waals surface area (Å²) in [6, 6.07) is 16.5. The molecule has 1 atom stereocenters. The van der Waals surface area contributed by atoms with E-state index in [1.807, 2.05) is 54.2 Å². The Bertz CT molecular complexity index is 835. The monoisotopic (exact) mass is 410 g/mol. The Hall–Kier alpha value is -3.06. The summed E-state index contributed by atoms with van der Waals surface area (Å²) in [5, 5.41) is 5.88. The van der Waals surface area contributed by atoms with Crippen LogP contribution in [0.5, 0.6) is 5.75 Å². The first kappa shape index (κ1) is 21.6. The molecule has 3 rings (SSSR count). The predicted octanol–water partition coefficient (Wildman–Crippen LogP) is 3.11. The highest BCUT2D eigenvalue weighted by molar-refractivity contribution is 5.89. The molecule has 0 spiro atoms. The van der Waals surface area contributed by atoms with E-state index >= 15 is 0 Å². The zero-order valence-corrected chi connectivity index (χ0v) is 17.6. The number of likely N-dealkylation sites (tertiary alicyclic amines) is 1. The van der Waals surface area contributed by atoms with Crippen LogP contribution in [0.4, 0.5) is 10.5 Å². The van der Waals surface area contributed by atoms with Crippen LogP contribution in [-0.2, 0) is 4.79 Å². The maximum atomic E-state index is 12.6. The molecule has 7 heteroatoms. The number of carbonyl (C=O) groups is 2. The summed E-state index contributed by atoms with van der Waals surface area (Å²) >= 11 is 0. The summed E-state index contributed by atoms with van der Waals surface area (Å²) < 4.78 is 5.64. The van der Waals surface area contributed by atoms with E-state index in [0.29, 0.717) is 18.0 Å². The summed E-state index contributed by atoms with van der Waals surface area (Å²) in [5.41, 5.74) is 1.65. The van der Waals surface area contributed by atoms with E-state index in [4.69, 9.17) is 4.74 Å². The highest BCUT2D eigenvalue weighted by atomic mass is 16.5. The van der Waals surface area contributed by atoms with Gasteiger partial charge < -0.3 is 25.2 Å². The summed E-state index contributed by atoms with van der Waals surface area (Å²) in [7, 11) is 3.94. The minimum absolute atomic E-state index is 0.00186. The van der Waals surface area contributed by atoms with Crippen LogP contribution in [0.15, 0.2) is 54.6 Å². The number of nitrogens with zero attached hydrogens (tertiary/aromatic N) is 2. The number of ether oxygens (including phenoxy) is 1. The fourth-order valence-electron chi connectivity index (χ4n) is 3.48. The molecule has 0 saturated carbocycles. The summed E-state index contributed by atoms with van der Waals surface area (Å²) in [6.45, 7) is 2.30. The van der Waals surface area contributed by atoms with Crippen LogP contribution >= 0.6 is 0 Å². The van der Waals surface area contributed by atoms with Crippen molar-refractivity contribution in [3.05, 3.63) is 60.2 Å². The fourth-order valence-corrected chi connectivity index (χ4v) is 3.48. The van der Waals surface area contributed by atoms with Gasteiger partial charge in [-0.25, -0.2) is 4.79 Å². The van der Waals surface area contributed by atoms with Crippen molar-refractivity contribution in [2.45, 2.75) is 18.9 Å². The third-order valence-electron chi connectivity index (χ3n) is 4.97. The van der Waals surface area contributed by atoms with E-state index in [-0.39, 0.29) is 24.6 Å². The Kier molecular flexibility index (Phi) is 7.68. The van der Waals surface area contributed by atoms with Gasteiger partial charge in [0.15, 0.2) is 6.61 Å². The number of likely N-dealkylation sites (N-methyl/N-ethyl adjacent to an activating group) is 1. The minimum atomic E-state index is -0.295. The second-order valence-electron chi connectivity index (χ2n) is 7.73. The van der Waals surface area contributed by atoms with Gasteiger partial charge in [-0.15, -0.1) is 0 Å². The first-order valence-electron chi connectivity index (χ1n) is 10.3. The van der Waals surface area contributed by atoms with Gasteiger partial charge in [-0.1, -0.05) is 36.4 Å². The van der Waals surface area contributed by atoms with Crippen molar-refractivity contribution in [2.24, 2.45) is 0 Å². The van der Waals surface area contributed by atoms with Gasteiger partial charge in [-0.2, -0.15) is 0 Å². The van der Waals surface area contributed by atoms with Gasteiger partial charge in [-0.3, -0.25) is 4.79 Å². The van der Waals surface area contributed by atoms with Crippen LogP contribution in [0, 0.1) is 0 Å². The number of amides is 3. The van der Waals surface area contributed by atoms with E-state index in [2.05, 4.69) is 10.6 Å². The maximum absolute atomic E-state index is 12.6. The first-order chi connectivity index (χ1) is 14.5. The van der Waals surface area contributed by atoms with Crippen molar-refractivity contribution >= 4 is 17.6 Å². The molecule has 1 saturated heterocycles. The molecule has 30 heavy (non-hydrogen) atoms. The third-order valence-corrected chi connectivity index (χ3v) is 4.97. The number of rotatable bonds is 8. The number of hydrogen-bond acceptors (Lipinski definition) is 4. The Morgan fingerprint density at radius 2 is 1.80 bits per heavy atom. The van der Waals surface area contributed by atoms with E-state index in [1.54, 1.807) is 24.3 Å². The number of carbonyl (C=O) groups excluding carboxylic acids is 2. The SMILES string of the molecule is CN(C)CC(NC(=O)Nc1cccc(OCC(=O)N2CCCC2)c1)c1ccccc1. The maximum Gasteiger partial charge on any atom is 0.319 e. The molecule has 2 aromatic carbocycles. The van der Waals surface area contributed by atoms with Crippen LogP contribution in [0.1, 0.15) is 24.4 Å². The van der Waals surface area contributed by atoms with Gasteiger partial charge in [0.05, 0.1) is 6.04 Å². The van der Waals surface area contributed by atoms with Crippen LogP contribution < -0.4 is 15.4 Å². The lowest BCUT2D eigenvalue weighted by Gasteiger charge is -2.23. The van der Waals surface area contributed by atoms with Crippen molar-refractivity contribution in [1.29, 1.82) is 0 Å². The van der Waals surface area contributed by atoms with Gasteiger partial charge in [-0.05, 0) is 44.6 Å². The van der Waals surface area contributed by atoms with Crippen LogP contribution in [-0.4, -0.2) is 62.1 Å². The predicted molar refractivity (Wildman–Crippen MR) is 118 cm³/mol. The van der Waals surface area contributed by atoms with Crippen LogP contribution in [0.25, 0.3) is 0 Å². The van der Waals surface area contributed by atoms with Crippen LogP contribution in [0.2, 0.25) is 0 Å². The normalized spacial score (nSPS) is 14.4. The number of urea groups is 1. The smallest absolute Gasteiger partial charge is 0.319 e. The molecule has 0 aromatic heterocycles. The highest BCUT2D eigenvalue weighted by Crippen LogP contribution is 2.19. The summed E-state index contributed by atoms with van der Waals surface area (Å²) in [5.74, 6) is 0.547. The molecule has 1 heterocycles.